The van der Waals surface area contributed by atoms with Crippen molar-refractivity contribution in [2.24, 2.45) is 0 Å². The summed E-state index contributed by atoms with van der Waals surface area (Å²) in [6.07, 6.45) is 5.10. The van der Waals surface area contributed by atoms with Crippen LogP contribution in [-0.2, 0) is 14.6 Å². The molecule has 2 aliphatic heterocycles. The molecule has 2 saturated heterocycles. The molecule has 2 aliphatic rings. The normalized spacial score (nSPS) is 22.1. The van der Waals surface area contributed by atoms with Gasteiger partial charge in [0.15, 0.2) is 9.84 Å². The Balaban J connectivity index is 1.46. The SMILES string of the molecule is Cc1c(Nc2ccc(S(C)(=O)=O)cc2F)ncnc1OC1CC2CCC(C1)N2C(=O)OC(C)(C)C. The van der Waals surface area contributed by atoms with E-state index in [1.807, 2.05) is 25.7 Å². The topological polar surface area (TPSA) is 111 Å². The van der Waals surface area contributed by atoms with Gasteiger partial charge in [-0.25, -0.2) is 27.6 Å². The smallest absolute Gasteiger partial charge is 0.410 e. The second-order valence-electron chi connectivity index (χ2n) is 10.2. The van der Waals surface area contributed by atoms with Crippen LogP contribution >= 0.6 is 0 Å². The van der Waals surface area contributed by atoms with Gasteiger partial charge in [-0.2, -0.15) is 0 Å². The third kappa shape index (κ3) is 5.66. The number of fused-ring (bicyclic) bond motifs is 2. The van der Waals surface area contributed by atoms with Crippen LogP contribution in [0.1, 0.15) is 52.0 Å². The molecule has 9 nitrogen and oxygen atoms in total. The number of nitrogens with zero attached hydrogens (tertiary/aromatic N) is 3. The number of hydrogen-bond donors (Lipinski definition) is 1. The van der Waals surface area contributed by atoms with E-state index in [1.165, 1.54) is 18.5 Å². The number of amides is 1. The fourth-order valence-corrected chi connectivity index (χ4v) is 5.26. The molecule has 0 saturated carbocycles. The molecule has 35 heavy (non-hydrogen) atoms. The molecule has 2 fully saturated rings. The summed E-state index contributed by atoms with van der Waals surface area (Å²) in [5.74, 6) is 0.0282. The highest BCUT2D eigenvalue weighted by Crippen LogP contribution is 2.39. The molecule has 2 atom stereocenters. The lowest BCUT2D eigenvalue weighted by Crippen LogP contribution is -2.50. The first-order valence-electron chi connectivity index (χ1n) is 11.6. The monoisotopic (exact) mass is 506 g/mol. The van der Waals surface area contributed by atoms with Crippen molar-refractivity contribution in [1.29, 1.82) is 0 Å². The predicted molar refractivity (Wildman–Crippen MR) is 128 cm³/mol. The van der Waals surface area contributed by atoms with Crippen molar-refractivity contribution in [3.8, 4) is 5.88 Å². The number of nitrogens with one attached hydrogen (secondary N) is 1. The zero-order valence-electron chi connectivity index (χ0n) is 20.5. The van der Waals surface area contributed by atoms with Gasteiger partial charge in [0.2, 0.25) is 5.88 Å². The van der Waals surface area contributed by atoms with Crippen LogP contribution in [0.3, 0.4) is 0 Å². The number of ether oxygens (including phenoxy) is 2. The maximum Gasteiger partial charge on any atom is 0.410 e. The van der Waals surface area contributed by atoms with Gasteiger partial charge in [-0.05, 0) is 58.7 Å². The summed E-state index contributed by atoms with van der Waals surface area (Å²) in [5.41, 5.74) is 0.144. The Hall–Kier alpha value is -2.95. The quantitative estimate of drug-likeness (QED) is 0.636. The van der Waals surface area contributed by atoms with Crippen LogP contribution in [0.2, 0.25) is 0 Å². The van der Waals surface area contributed by atoms with Crippen LogP contribution in [-0.4, -0.2) is 59.4 Å². The van der Waals surface area contributed by atoms with Crippen LogP contribution < -0.4 is 10.1 Å². The molecule has 1 aromatic heterocycles. The predicted octanol–water partition coefficient (Wildman–Crippen LogP) is 4.38. The molecule has 0 spiro atoms. The number of aromatic nitrogens is 2. The maximum absolute atomic E-state index is 14.5. The van der Waals surface area contributed by atoms with E-state index >= 15 is 0 Å². The lowest BCUT2D eigenvalue weighted by atomic mass is 10.00. The van der Waals surface area contributed by atoms with E-state index in [4.69, 9.17) is 9.47 Å². The summed E-state index contributed by atoms with van der Waals surface area (Å²) in [5, 5.41) is 2.90. The second-order valence-corrected chi connectivity index (χ2v) is 12.2. The van der Waals surface area contributed by atoms with Crippen LogP contribution in [0.5, 0.6) is 5.88 Å². The highest BCUT2D eigenvalue weighted by Gasteiger charge is 2.45. The van der Waals surface area contributed by atoms with Gasteiger partial charge in [-0.1, -0.05) is 0 Å². The van der Waals surface area contributed by atoms with Crippen molar-refractivity contribution < 1.29 is 27.1 Å². The summed E-state index contributed by atoms with van der Waals surface area (Å²) in [6.45, 7) is 7.35. The Bertz CT molecular complexity index is 1220. The van der Waals surface area contributed by atoms with Gasteiger partial charge in [0.1, 0.15) is 29.7 Å². The highest BCUT2D eigenvalue weighted by molar-refractivity contribution is 7.90. The largest absolute Gasteiger partial charge is 0.474 e. The fourth-order valence-electron chi connectivity index (χ4n) is 4.63. The Morgan fingerprint density at radius 2 is 1.83 bits per heavy atom. The van der Waals surface area contributed by atoms with E-state index < -0.39 is 21.3 Å². The van der Waals surface area contributed by atoms with Gasteiger partial charge in [-0.3, -0.25) is 0 Å². The molecule has 1 N–H and O–H groups in total. The van der Waals surface area contributed by atoms with Crippen molar-refractivity contribution in [3.05, 3.63) is 35.9 Å². The standard InChI is InChI=1S/C24H31FN4O5S/c1-14-21(28-20-9-8-18(12-19(20)25)35(5,31)32)26-13-27-22(14)33-17-10-15-6-7-16(11-17)29(15)23(30)34-24(2,3)4/h8-9,12-13,15-17H,6-7,10-11H2,1-5H3,(H,26,27,28). The maximum atomic E-state index is 14.5. The molecule has 1 aromatic carbocycles. The molecular formula is C24H31FN4O5S. The van der Waals surface area contributed by atoms with Crippen molar-refractivity contribution in [2.45, 2.75) is 82.1 Å². The molecule has 2 bridgehead atoms. The lowest BCUT2D eigenvalue weighted by Gasteiger charge is -2.39. The first-order chi connectivity index (χ1) is 16.3. The van der Waals surface area contributed by atoms with Gasteiger partial charge in [-0.15, -0.1) is 0 Å². The number of hydrogen-bond acceptors (Lipinski definition) is 8. The minimum Gasteiger partial charge on any atom is -0.474 e. The number of carbonyl (C=O) groups excluding carboxylic acids is 1. The summed E-state index contributed by atoms with van der Waals surface area (Å²) in [6, 6.07) is 3.77. The van der Waals surface area contributed by atoms with Crippen molar-refractivity contribution >= 4 is 27.4 Å². The van der Waals surface area contributed by atoms with Gasteiger partial charge in [0.25, 0.3) is 0 Å². The van der Waals surface area contributed by atoms with Crippen molar-refractivity contribution in [2.75, 3.05) is 11.6 Å². The van der Waals surface area contributed by atoms with E-state index in [0.29, 0.717) is 30.1 Å². The number of sulfone groups is 1. The Morgan fingerprint density at radius 1 is 1.17 bits per heavy atom. The minimum atomic E-state index is -3.51. The van der Waals surface area contributed by atoms with Gasteiger partial charge < -0.3 is 19.7 Å². The Kier molecular flexibility index (Phi) is 6.65. The summed E-state index contributed by atoms with van der Waals surface area (Å²) < 4.78 is 49.7. The summed E-state index contributed by atoms with van der Waals surface area (Å²) in [7, 11) is -3.51. The highest BCUT2D eigenvalue weighted by atomic mass is 32.2. The first kappa shape index (κ1) is 25.2. The number of anilines is 2. The zero-order chi connectivity index (χ0) is 25.5. The van der Waals surface area contributed by atoms with Gasteiger partial charge in [0, 0.05) is 31.2 Å². The van der Waals surface area contributed by atoms with E-state index in [0.717, 1.165) is 25.2 Å². The van der Waals surface area contributed by atoms with Crippen molar-refractivity contribution in [3.63, 3.8) is 0 Å². The number of carbonyl (C=O) groups is 1. The fraction of sp³-hybridized carbons (Fsp3) is 0.542. The number of rotatable bonds is 5. The lowest BCUT2D eigenvalue weighted by molar-refractivity contribution is -0.00770. The first-order valence-corrected chi connectivity index (χ1v) is 13.5. The van der Waals surface area contributed by atoms with Crippen LogP contribution in [0, 0.1) is 12.7 Å². The average Bonchev–Trinajstić information content (AvgIpc) is 3.01. The third-order valence-corrected chi connectivity index (χ3v) is 7.34. The summed E-state index contributed by atoms with van der Waals surface area (Å²) >= 11 is 0. The molecule has 1 amide bonds. The van der Waals surface area contributed by atoms with Crippen LogP contribution in [0.15, 0.2) is 29.4 Å². The second kappa shape index (κ2) is 9.25. The number of piperidine rings is 1. The molecule has 2 aromatic rings. The van der Waals surface area contributed by atoms with E-state index in [2.05, 4.69) is 15.3 Å². The number of halogens is 1. The zero-order valence-corrected chi connectivity index (χ0v) is 21.4. The van der Waals surface area contributed by atoms with E-state index in [1.54, 1.807) is 6.92 Å². The Labute approximate surface area is 205 Å². The summed E-state index contributed by atoms with van der Waals surface area (Å²) in [4.78, 5) is 22.9. The van der Waals surface area contributed by atoms with Crippen LogP contribution in [0.25, 0.3) is 0 Å². The Morgan fingerprint density at radius 3 is 2.40 bits per heavy atom. The molecule has 4 rings (SSSR count). The third-order valence-electron chi connectivity index (χ3n) is 6.23. The van der Waals surface area contributed by atoms with Gasteiger partial charge >= 0.3 is 6.09 Å². The van der Waals surface area contributed by atoms with Gasteiger partial charge in [0.05, 0.1) is 16.1 Å². The molecule has 3 heterocycles. The molecular weight excluding hydrogens is 475 g/mol. The molecule has 190 valence electrons. The molecule has 11 heteroatoms. The minimum absolute atomic E-state index is 0.0517. The van der Waals surface area contributed by atoms with E-state index in [9.17, 15) is 17.6 Å². The van der Waals surface area contributed by atoms with Crippen molar-refractivity contribution in [1.82, 2.24) is 14.9 Å². The van der Waals surface area contributed by atoms with E-state index in [-0.39, 0.29) is 34.9 Å². The van der Waals surface area contributed by atoms with Crippen LogP contribution in [0.4, 0.5) is 20.7 Å². The average molecular weight is 507 g/mol. The number of benzene rings is 1. The molecule has 0 aliphatic carbocycles. The molecule has 0 radical (unpaired) electrons. The molecule has 2 unspecified atom stereocenters.